The lowest BCUT2D eigenvalue weighted by molar-refractivity contribution is 0.398. The molecule has 0 saturated heterocycles. The minimum absolute atomic E-state index is 0.538. The van der Waals surface area contributed by atoms with Gasteiger partial charge in [-0.15, -0.1) is 0 Å². The number of rotatable bonds is 4. The predicted molar refractivity (Wildman–Crippen MR) is 100 cm³/mol. The van der Waals surface area contributed by atoms with E-state index in [1.165, 1.54) is 0 Å². The predicted octanol–water partition coefficient (Wildman–Crippen LogP) is 4.25. The van der Waals surface area contributed by atoms with Crippen LogP contribution in [0.5, 0.6) is 5.88 Å². The van der Waals surface area contributed by atoms with Gasteiger partial charge >= 0.3 is 0 Å². The van der Waals surface area contributed by atoms with Gasteiger partial charge in [0.15, 0.2) is 0 Å². The number of ether oxygens (including phenoxy) is 1. The molecule has 2 aromatic carbocycles. The third kappa shape index (κ3) is 2.82. The number of aromatic amines is 1. The summed E-state index contributed by atoms with van der Waals surface area (Å²) in [6.45, 7) is 0. The smallest absolute Gasteiger partial charge is 0.213 e. The van der Waals surface area contributed by atoms with Crippen molar-refractivity contribution < 1.29 is 4.74 Å². The summed E-state index contributed by atoms with van der Waals surface area (Å²) in [6.07, 6.45) is 1.69. The molecule has 0 atom stereocenters. The first-order valence-corrected chi connectivity index (χ1v) is 8.03. The first kappa shape index (κ1) is 15.7. The monoisotopic (exact) mass is 341 g/mol. The summed E-state index contributed by atoms with van der Waals surface area (Å²) >= 11 is 0. The topological polar surface area (TPSA) is 86.6 Å². The standard InChI is InChI=1S/C20H15N5O/c1-26-19-10-13(8-9-22-19)20-16-11-15(6-7-18(16)24-25-20)23-17-5-3-2-4-14(17)12-21/h2-11,23H,1H3,(H,24,25). The Morgan fingerprint density at radius 2 is 2.00 bits per heavy atom. The Morgan fingerprint density at radius 1 is 1.12 bits per heavy atom. The highest BCUT2D eigenvalue weighted by Crippen LogP contribution is 2.31. The van der Waals surface area contributed by atoms with Gasteiger partial charge in [0.25, 0.3) is 0 Å². The fourth-order valence-electron chi connectivity index (χ4n) is 2.83. The molecular formula is C20H15N5O. The lowest BCUT2D eigenvalue weighted by Crippen LogP contribution is -1.93. The molecule has 0 radical (unpaired) electrons. The van der Waals surface area contributed by atoms with E-state index in [0.717, 1.165) is 33.5 Å². The lowest BCUT2D eigenvalue weighted by atomic mass is 10.1. The summed E-state index contributed by atoms with van der Waals surface area (Å²) < 4.78 is 5.20. The number of aromatic nitrogens is 3. The van der Waals surface area contributed by atoms with Gasteiger partial charge < -0.3 is 10.1 Å². The van der Waals surface area contributed by atoms with E-state index in [1.807, 2.05) is 48.5 Å². The minimum Gasteiger partial charge on any atom is -0.481 e. The van der Waals surface area contributed by atoms with E-state index in [4.69, 9.17) is 4.74 Å². The first-order valence-electron chi connectivity index (χ1n) is 8.03. The molecule has 0 saturated carbocycles. The number of nitriles is 1. The average Bonchev–Trinajstić information content (AvgIpc) is 3.12. The summed E-state index contributed by atoms with van der Waals surface area (Å²) in [4.78, 5) is 4.14. The quantitative estimate of drug-likeness (QED) is 0.579. The number of benzene rings is 2. The number of hydrogen-bond acceptors (Lipinski definition) is 5. The highest BCUT2D eigenvalue weighted by atomic mass is 16.5. The second-order valence-electron chi connectivity index (χ2n) is 5.70. The molecule has 0 aliphatic heterocycles. The molecule has 2 aromatic heterocycles. The molecule has 6 nitrogen and oxygen atoms in total. The van der Waals surface area contributed by atoms with Crippen LogP contribution in [0.4, 0.5) is 11.4 Å². The largest absolute Gasteiger partial charge is 0.481 e. The van der Waals surface area contributed by atoms with Crippen molar-refractivity contribution in [3.05, 3.63) is 66.4 Å². The Balaban J connectivity index is 1.76. The van der Waals surface area contributed by atoms with Crippen LogP contribution in [-0.4, -0.2) is 22.3 Å². The molecule has 2 N–H and O–H groups in total. The molecular weight excluding hydrogens is 326 g/mol. The van der Waals surface area contributed by atoms with Crippen LogP contribution in [0.3, 0.4) is 0 Å². The van der Waals surface area contributed by atoms with E-state index in [1.54, 1.807) is 19.4 Å². The summed E-state index contributed by atoms with van der Waals surface area (Å²) in [7, 11) is 1.59. The van der Waals surface area contributed by atoms with Gasteiger partial charge in [0.05, 0.1) is 23.9 Å². The van der Waals surface area contributed by atoms with E-state index in [2.05, 4.69) is 26.6 Å². The summed E-state index contributed by atoms with van der Waals surface area (Å²) in [5.74, 6) is 0.538. The van der Waals surface area contributed by atoms with Crippen LogP contribution in [0.2, 0.25) is 0 Å². The fraction of sp³-hybridized carbons (Fsp3) is 0.0500. The fourth-order valence-corrected chi connectivity index (χ4v) is 2.83. The lowest BCUT2D eigenvalue weighted by Gasteiger charge is -2.08. The van der Waals surface area contributed by atoms with E-state index in [0.29, 0.717) is 11.4 Å². The molecule has 4 aromatic rings. The number of pyridine rings is 1. The Morgan fingerprint density at radius 3 is 2.85 bits per heavy atom. The van der Waals surface area contributed by atoms with E-state index < -0.39 is 0 Å². The Hall–Kier alpha value is -3.85. The van der Waals surface area contributed by atoms with Crippen molar-refractivity contribution in [3.8, 4) is 23.2 Å². The molecule has 0 unspecified atom stereocenters. The summed E-state index contributed by atoms with van der Waals surface area (Å²) in [6, 6.07) is 19.3. The second kappa shape index (κ2) is 6.57. The van der Waals surface area contributed by atoms with Gasteiger partial charge in [-0.3, -0.25) is 5.10 Å². The van der Waals surface area contributed by atoms with E-state index >= 15 is 0 Å². The molecule has 26 heavy (non-hydrogen) atoms. The highest BCUT2D eigenvalue weighted by Gasteiger charge is 2.11. The number of nitrogens with one attached hydrogen (secondary N) is 2. The van der Waals surface area contributed by atoms with Crippen LogP contribution in [0.1, 0.15) is 5.56 Å². The third-order valence-electron chi connectivity index (χ3n) is 4.11. The number of anilines is 2. The number of hydrogen-bond donors (Lipinski definition) is 2. The zero-order valence-electron chi connectivity index (χ0n) is 14.0. The normalized spacial score (nSPS) is 10.5. The van der Waals surface area contributed by atoms with Crippen molar-refractivity contribution in [2.24, 2.45) is 0 Å². The molecule has 0 amide bonds. The van der Waals surface area contributed by atoms with Crippen LogP contribution in [0.15, 0.2) is 60.8 Å². The summed E-state index contributed by atoms with van der Waals surface area (Å²) in [5.41, 5.74) is 4.90. The molecule has 0 fully saturated rings. The Kier molecular flexibility index (Phi) is 3.96. The van der Waals surface area contributed by atoms with E-state index in [9.17, 15) is 5.26 Å². The third-order valence-corrected chi connectivity index (χ3v) is 4.11. The first-order chi connectivity index (χ1) is 12.8. The highest BCUT2D eigenvalue weighted by molar-refractivity contribution is 5.95. The zero-order chi connectivity index (χ0) is 17.9. The molecule has 0 aliphatic carbocycles. The van der Waals surface area contributed by atoms with Crippen molar-refractivity contribution >= 4 is 22.3 Å². The Labute approximate surface area is 150 Å². The van der Waals surface area contributed by atoms with Gasteiger partial charge in [0.1, 0.15) is 11.8 Å². The maximum Gasteiger partial charge on any atom is 0.213 e. The van der Waals surface area contributed by atoms with E-state index in [-0.39, 0.29) is 0 Å². The second-order valence-corrected chi connectivity index (χ2v) is 5.70. The van der Waals surface area contributed by atoms with Gasteiger partial charge in [-0.2, -0.15) is 10.4 Å². The molecule has 2 heterocycles. The van der Waals surface area contributed by atoms with Crippen LogP contribution >= 0.6 is 0 Å². The minimum atomic E-state index is 0.538. The number of H-pyrrole nitrogens is 1. The zero-order valence-corrected chi connectivity index (χ0v) is 14.0. The van der Waals surface area contributed by atoms with Crippen LogP contribution in [-0.2, 0) is 0 Å². The van der Waals surface area contributed by atoms with Crippen molar-refractivity contribution in [2.75, 3.05) is 12.4 Å². The van der Waals surface area contributed by atoms with Crippen molar-refractivity contribution in [2.45, 2.75) is 0 Å². The summed E-state index contributed by atoms with van der Waals surface area (Å²) in [5, 5.41) is 21.0. The Bertz CT molecular complexity index is 1130. The van der Waals surface area contributed by atoms with Crippen LogP contribution in [0.25, 0.3) is 22.2 Å². The maximum atomic E-state index is 9.25. The van der Waals surface area contributed by atoms with Gasteiger partial charge in [-0.25, -0.2) is 4.98 Å². The number of nitrogens with zero attached hydrogens (tertiary/aromatic N) is 3. The van der Waals surface area contributed by atoms with Gasteiger partial charge in [-0.1, -0.05) is 12.1 Å². The molecule has 6 heteroatoms. The molecule has 4 rings (SSSR count). The van der Waals surface area contributed by atoms with Gasteiger partial charge in [-0.05, 0) is 36.4 Å². The van der Waals surface area contributed by atoms with Gasteiger partial charge in [0.2, 0.25) is 5.88 Å². The SMILES string of the molecule is COc1cc(-c2n[nH]c3ccc(Nc4ccccc4C#N)cc23)ccn1. The van der Waals surface area contributed by atoms with Gasteiger partial charge in [0, 0.05) is 28.9 Å². The molecule has 0 bridgehead atoms. The number of fused-ring (bicyclic) bond motifs is 1. The maximum absolute atomic E-state index is 9.25. The van der Waals surface area contributed by atoms with Crippen molar-refractivity contribution in [3.63, 3.8) is 0 Å². The molecule has 126 valence electrons. The molecule has 0 spiro atoms. The van der Waals surface area contributed by atoms with Crippen LogP contribution in [0, 0.1) is 11.3 Å². The number of methoxy groups -OCH3 is 1. The average molecular weight is 341 g/mol. The van der Waals surface area contributed by atoms with Crippen LogP contribution < -0.4 is 10.1 Å². The van der Waals surface area contributed by atoms with Crippen molar-refractivity contribution in [1.29, 1.82) is 5.26 Å². The number of para-hydroxylation sites is 1. The molecule has 0 aliphatic rings. The van der Waals surface area contributed by atoms with Crippen molar-refractivity contribution in [1.82, 2.24) is 15.2 Å².